The van der Waals surface area contributed by atoms with Gasteiger partial charge in [0.15, 0.2) is 0 Å². The number of aromatic nitrogens is 3. The minimum atomic E-state index is -0.254. The zero-order valence-corrected chi connectivity index (χ0v) is 8.57. The molecule has 0 radical (unpaired) electrons. The van der Waals surface area contributed by atoms with E-state index in [1.165, 1.54) is 12.1 Å². The molecule has 2 aromatic heterocycles. The molecule has 1 aromatic carbocycles. The first-order valence-corrected chi connectivity index (χ1v) is 5.13. The number of benzene rings is 1. The van der Waals surface area contributed by atoms with E-state index in [0.717, 1.165) is 28.9 Å². The average Bonchev–Trinajstić information content (AvgIpc) is 2.76. The van der Waals surface area contributed by atoms with Gasteiger partial charge in [0.2, 0.25) is 5.78 Å². The fourth-order valence-electron chi connectivity index (χ4n) is 1.90. The van der Waals surface area contributed by atoms with Gasteiger partial charge in [0.1, 0.15) is 5.82 Å². The normalized spacial score (nSPS) is 11.6. The van der Waals surface area contributed by atoms with Crippen LogP contribution in [0, 0.1) is 5.82 Å². The molecule has 0 saturated heterocycles. The molecule has 0 unspecified atom stereocenters. The molecule has 0 saturated carbocycles. The van der Waals surface area contributed by atoms with Gasteiger partial charge in [0.25, 0.3) is 0 Å². The largest absolute Gasteiger partial charge is 0.330 e. The molecule has 82 valence electrons. The van der Waals surface area contributed by atoms with E-state index in [0.29, 0.717) is 6.54 Å². The predicted octanol–water partition coefficient (Wildman–Crippen LogP) is 1.46. The summed E-state index contributed by atoms with van der Waals surface area (Å²) >= 11 is 0. The van der Waals surface area contributed by atoms with Gasteiger partial charge in [-0.25, -0.2) is 9.37 Å². The van der Waals surface area contributed by atoms with Crippen molar-refractivity contribution in [3.05, 3.63) is 35.9 Å². The second-order valence-electron chi connectivity index (χ2n) is 3.76. The highest BCUT2D eigenvalue weighted by Gasteiger charge is 2.08. The summed E-state index contributed by atoms with van der Waals surface area (Å²) < 4.78 is 15.0. The highest BCUT2D eigenvalue weighted by Crippen LogP contribution is 2.18. The summed E-state index contributed by atoms with van der Waals surface area (Å²) in [6, 6.07) is 4.57. The van der Waals surface area contributed by atoms with Crippen molar-refractivity contribution >= 4 is 16.8 Å². The summed E-state index contributed by atoms with van der Waals surface area (Å²) in [6.45, 7) is 0.579. The Morgan fingerprint density at radius 1 is 1.44 bits per heavy atom. The van der Waals surface area contributed by atoms with Crippen LogP contribution < -0.4 is 5.73 Å². The summed E-state index contributed by atoms with van der Waals surface area (Å²) in [6.07, 6.45) is 2.68. The molecule has 0 bridgehead atoms. The topological polar surface area (TPSA) is 59.1 Å². The predicted molar refractivity (Wildman–Crippen MR) is 59.8 cm³/mol. The molecule has 0 fully saturated rings. The van der Waals surface area contributed by atoms with E-state index in [9.17, 15) is 4.39 Å². The smallest absolute Gasteiger partial charge is 0.212 e. The first-order chi connectivity index (χ1) is 7.78. The van der Waals surface area contributed by atoms with E-state index in [4.69, 9.17) is 5.73 Å². The van der Waals surface area contributed by atoms with Crippen molar-refractivity contribution in [1.82, 2.24) is 14.4 Å². The van der Waals surface area contributed by atoms with E-state index in [-0.39, 0.29) is 5.82 Å². The third kappa shape index (κ3) is 1.29. The van der Waals surface area contributed by atoms with Gasteiger partial charge in [-0.3, -0.25) is 4.40 Å². The van der Waals surface area contributed by atoms with Gasteiger partial charge in [0, 0.05) is 24.4 Å². The van der Waals surface area contributed by atoms with Crippen molar-refractivity contribution in [3.63, 3.8) is 0 Å². The summed E-state index contributed by atoms with van der Waals surface area (Å²) in [7, 11) is 0. The highest BCUT2D eigenvalue weighted by atomic mass is 19.1. The Labute approximate surface area is 90.9 Å². The molecule has 5 heteroatoms. The van der Waals surface area contributed by atoms with Crippen LogP contribution in [-0.4, -0.2) is 20.9 Å². The van der Waals surface area contributed by atoms with Crippen LogP contribution in [0.15, 0.2) is 24.4 Å². The van der Waals surface area contributed by atoms with E-state index >= 15 is 0 Å². The quantitative estimate of drug-likeness (QED) is 0.684. The molecule has 0 aliphatic rings. The monoisotopic (exact) mass is 218 g/mol. The highest BCUT2D eigenvalue weighted by molar-refractivity contribution is 5.79. The molecule has 4 nitrogen and oxygen atoms in total. The van der Waals surface area contributed by atoms with Crippen LogP contribution >= 0.6 is 0 Å². The number of H-pyrrole nitrogens is 1. The minimum absolute atomic E-state index is 0.254. The van der Waals surface area contributed by atoms with Gasteiger partial charge in [-0.05, 0) is 18.7 Å². The Bertz CT molecular complexity index is 652. The number of imidazole rings is 2. The van der Waals surface area contributed by atoms with Crippen LogP contribution in [-0.2, 0) is 6.42 Å². The Balaban J connectivity index is 2.28. The van der Waals surface area contributed by atoms with Crippen LogP contribution in [0.3, 0.4) is 0 Å². The molecule has 0 spiro atoms. The number of nitrogens with two attached hydrogens (primary N) is 1. The molecule has 3 aromatic rings. The third-order valence-corrected chi connectivity index (χ3v) is 2.62. The molecule has 16 heavy (non-hydrogen) atoms. The lowest BCUT2D eigenvalue weighted by atomic mass is 10.3. The minimum Gasteiger partial charge on any atom is -0.330 e. The van der Waals surface area contributed by atoms with E-state index in [2.05, 4.69) is 9.97 Å². The SMILES string of the molecule is NCCc1cn2c(nc3ccc(F)cc32)[nH]1. The van der Waals surface area contributed by atoms with Crippen molar-refractivity contribution in [2.75, 3.05) is 6.54 Å². The fraction of sp³-hybridized carbons (Fsp3) is 0.182. The van der Waals surface area contributed by atoms with Crippen molar-refractivity contribution in [3.8, 4) is 0 Å². The lowest BCUT2D eigenvalue weighted by Crippen LogP contribution is -2.02. The van der Waals surface area contributed by atoms with E-state index in [1.54, 1.807) is 6.07 Å². The van der Waals surface area contributed by atoms with Gasteiger partial charge in [-0.1, -0.05) is 0 Å². The second-order valence-corrected chi connectivity index (χ2v) is 3.76. The summed E-state index contributed by atoms with van der Waals surface area (Å²) in [4.78, 5) is 7.51. The van der Waals surface area contributed by atoms with Crippen LogP contribution in [0.1, 0.15) is 5.69 Å². The first-order valence-electron chi connectivity index (χ1n) is 5.13. The standard InChI is InChI=1S/C11H11FN4/c12-7-1-2-9-10(5-7)16-6-8(3-4-13)14-11(16)15-9/h1-2,5-6H,3-4,13H2,(H,14,15). The Morgan fingerprint density at radius 3 is 3.12 bits per heavy atom. The summed E-state index contributed by atoms with van der Waals surface area (Å²) in [5.74, 6) is 0.472. The van der Waals surface area contributed by atoms with Gasteiger partial charge >= 0.3 is 0 Å². The van der Waals surface area contributed by atoms with Gasteiger partial charge in [-0.2, -0.15) is 0 Å². The molecule has 3 rings (SSSR count). The number of halogens is 1. The number of nitrogens with one attached hydrogen (secondary N) is 1. The van der Waals surface area contributed by atoms with E-state index in [1.807, 2.05) is 10.6 Å². The van der Waals surface area contributed by atoms with Gasteiger partial charge in [-0.15, -0.1) is 0 Å². The molecule has 0 atom stereocenters. The van der Waals surface area contributed by atoms with Crippen LogP contribution in [0.2, 0.25) is 0 Å². The number of rotatable bonds is 2. The summed E-state index contributed by atoms with van der Waals surface area (Å²) in [5.41, 5.74) is 8.05. The maximum Gasteiger partial charge on any atom is 0.212 e. The fourth-order valence-corrected chi connectivity index (χ4v) is 1.90. The molecule has 0 aliphatic carbocycles. The van der Waals surface area contributed by atoms with Crippen molar-refractivity contribution in [1.29, 1.82) is 0 Å². The third-order valence-electron chi connectivity index (χ3n) is 2.62. The number of aromatic amines is 1. The number of hydrogen-bond acceptors (Lipinski definition) is 2. The average molecular weight is 218 g/mol. The lowest BCUT2D eigenvalue weighted by Gasteiger charge is -1.92. The van der Waals surface area contributed by atoms with Crippen LogP contribution in [0.4, 0.5) is 4.39 Å². The van der Waals surface area contributed by atoms with Gasteiger partial charge < -0.3 is 10.7 Å². The van der Waals surface area contributed by atoms with Crippen molar-refractivity contribution < 1.29 is 4.39 Å². The van der Waals surface area contributed by atoms with Crippen molar-refractivity contribution in [2.45, 2.75) is 6.42 Å². The molecular weight excluding hydrogens is 207 g/mol. The first kappa shape index (κ1) is 9.35. The zero-order chi connectivity index (χ0) is 11.1. The van der Waals surface area contributed by atoms with Crippen LogP contribution in [0.25, 0.3) is 16.8 Å². The van der Waals surface area contributed by atoms with Crippen molar-refractivity contribution in [2.24, 2.45) is 5.73 Å². The molecule has 0 amide bonds. The number of fused-ring (bicyclic) bond motifs is 3. The second kappa shape index (κ2) is 3.31. The Kier molecular flexibility index (Phi) is 1.94. The Morgan fingerprint density at radius 2 is 2.31 bits per heavy atom. The molecular formula is C11H11FN4. The number of nitrogens with zero attached hydrogens (tertiary/aromatic N) is 2. The number of hydrogen-bond donors (Lipinski definition) is 2. The summed E-state index contributed by atoms with van der Waals surface area (Å²) in [5, 5.41) is 0. The molecule has 2 heterocycles. The maximum absolute atomic E-state index is 13.1. The van der Waals surface area contributed by atoms with E-state index < -0.39 is 0 Å². The van der Waals surface area contributed by atoms with Crippen LogP contribution in [0.5, 0.6) is 0 Å². The zero-order valence-electron chi connectivity index (χ0n) is 8.57. The Hall–Kier alpha value is -1.88. The maximum atomic E-state index is 13.1. The van der Waals surface area contributed by atoms with Gasteiger partial charge in [0.05, 0.1) is 11.0 Å². The molecule has 0 aliphatic heterocycles. The molecule has 3 N–H and O–H groups in total. The lowest BCUT2D eigenvalue weighted by molar-refractivity contribution is 0.629.